The second-order valence-corrected chi connectivity index (χ2v) is 7.33. The summed E-state index contributed by atoms with van der Waals surface area (Å²) in [5.41, 5.74) is 1.06. The summed E-state index contributed by atoms with van der Waals surface area (Å²) in [7, 11) is -3.25. The van der Waals surface area contributed by atoms with Crippen molar-refractivity contribution in [1.82, 2.24) is 4.90 Å². The van der Waals surface area contributed by atoms with E-state index in [4.69, 9.17) is 13.8 Å². The highest BCUT2D eigenvalue weighted by Gasteiger charge is 2.38. The first-order valence-corrected chi connectivity index (χ1v) is 9.74. The van der Waals surface area contributed by atoms with E-state index in [1.54, 1.807) is 0 Å². The lowest BCUT2D eigenvalue weighted by Gasteiger charge is -2.36. The first kappa shape index (κ1) is 18.4. The highest BCUT2D eigenvalue weighted by Crippen LogP contribution is 2.54. The van der Waals surface area contributed by atoms with Crippen LogP contribution in [0.25, 0.3) is 6.08 Å². The molecule has 1 aromatic carbocycles. The van der Waals surface area contributed by atoms with E-state index < -0.39 is 13.4 Å². The number of rotatable bonds is 8. The fraction of sp³-hybridized carbons (Fsp3) is 0.529. The summed E-state index contributed by atoms with van der Waals surface area (Å²) in [6.45, 7) is 7.09. The molecule has 0 radical (unpaired) electrons. The van der Waals surface area contributed by atoms with Gasteiger partial charge in [0.2, 0.25) is 0 Å². The Morgan fingerprint density at radius 2 is 1.78 bits per heavy atom. The number of ether oxygens (including phenoxy) is 1. The lowest BCUT2D eigenvalue weighted by atomic mass is 10.2. The van der Waals surface area contributed by atoms with Crippen molar-refractivity contribution >= 4 is 13.7 Å². The molecule has 0 N–H and O–H groups in total. The van der Waals surface area contributed by atoms with Crippen LogP contribution in [0.2, 0.25) is 0 Å². The van der Waals surface area contributed by atoms with E-state index in [-0.39, 0.29) is 0 Å². The lowest BCUT2D eigenvalue weighted by Crippen LogP contribution is -2.43. The minimum absolute atomic E-state index is 0.358. The van der Waals surface area contributed by atoms with Gasteiger partial charge in [-0.1, -0.05) is 42.5 Å². The smallest absolute Gasteiger partial charge is 0.351 e. The molecule has 1 atom stereocenters. The van der Waals surface area contributed by atoms with Crippen molar-refractivity contribution < 1.29 is 18.3 Å². The highest BCUT2D eigenvalue weighted by molar-refractivity contribution is 7.54. The van der Waals surface area contributed by atoms with E-state index in [0.717, 1.165) is 5.56 Å². The number of hydrogen-bond acceptors (Lipinski definition) is 5. The van der Waals surface area contributed by atoms with Gasteiger partial charge in [-0.25, -0.2) is 0 Å². The van der Waals surface area contributed by atoms with E-state index in [9.17, 15) is 4.57 Å². The van der Waals surface area contributed by atoms with Crippen molar-refractivity contribution in [2.45, 2.75) is 19.6 Å². The second kappa shape index (κ2) is 9.36. The summed E-state index contributed by atoms with van der Waals surface area (Å²) < 4.78 is 29.8. The molecule has 1 aliphatic rings. The molecule has 128 valence electrons. The van der Waals surface area contributed by atoms with Crippen LogP contribution in [0.1, 0.15) is 19.4 Å². The molecule has 1 aromatic rings. The molecular weight excluding hydrogens is 313 g/mol. The van der Waals surface area contributed by atoms with E-state index in [1.807, 2.05) is 56.3 Å². The molecule has 0 aromatic heterocycles. The van der Waals surface area contributed by atoms with Crippen molar-refractivity contribution in [3.8, 4) is 0 Å². The topological polar surface area (TPSA) is 48.0 Å². The van der Waals surface area contributed by atoms with Crippen molar-refractivity contribution in [3.05, 3.63) is 42.0 Å². The third-order valence-corrected chi connectivity index (χ3v) is 6.01. The van der Waals surface area contributed by atoms with Gasteiger partial charge in [-0.2, -0.15) is 0 Å². The summed E-state index contributed by atoms with van der Waals surface area (Å²) in [6.07, 6.45) is 3.91. The van der Waals surface area contributed by atoms with Gasteiger partial charge in [0, 0.05) is 13.1 Å². The molecule has 1 unspecified atom stereocenters. The average Bonchev–Trinajstić information content (AvgIpc) is 2.57. The van der Waals surface area contributed by atoms with Crippen LogP contribution < -0.4 is 0 Å². The maximum atomic E-state index is 13.3. The Morgan fingerprint density at radius 1 is 1.17 bits per heavy atom. The summed E-state index contributed by atoms with van der Waals surface area (Å²) >= 11 is 0. The summed E-state index contributed by atoms with van der Waals surface area (Å²) in [6, 6.07) is 9.96. The molecule has 0 bridgehead atoms. The van der Waals surface area contributed by atoms with Crippen LogP contribution in [0.4, 0.5) is 0 Å². The van der Waals surface area contributed by atoms with Gasteiger partial charge in [0.1, 0.15) is 5.78 Å². The van der Waals surface area contributed by atoms with E-state index >= 15 is 0 Å². The van der Waals surface area contributed by atoms with Crippen LogP contribution in [-0.4, -0.2) is 50.2 Å². The predicted molar refractivity (Wildman–Crippen MR) is 92.5 cm³/mol. The molecule has 1 fully saturated rings. The SMILES string of the molecule is CCOP(=O)(OCC)C(/C=C/c1ccccc1)N1CCOCC1. The fourth-order valence-electron chi connectivity index (χ4n) is 2.58. The molecule has 0 saturated carbocycles. The summed E-state index contributed by atoms with van der Waals surface area (Å²) in [4.78, 5) is 2.12. The Balaban J connectivity index is 2.26. The molecule has 6 heteroatoms. The maximum absolute atomic E-state index is 13.3. The Labute approximate surface area is 138 Å². The van der Waals surface area contributed by atoms with Crippen LogP contribution in [0.3, 0.4) is 0 Å². The molecule has 2 rings (SSSR count). The maximum Gasteiger partial charge on any atom is 0.351 e. The van der Waals surface area contributed by atoms with Crippen LogP contribution in [0, 0.1) is 0 Å². The number of hydrogen-bond donors (Lipinski definition) is 0. The molecule has 1 aliphatic heterocycles. The molecule has 1 heterocycles. The largest absolute Gasteiger partial charge is 0.379 e. The van der Waals surface area contributed by atoms with Crippen LogP contribution in [0.15, 0.2) is 36.4 Å². The van der Waals surface area contributed by atoms with Gasteiger partial charge in [0.25, 0.3) is 0 Å². The first-order chi connectivity index (χ1) is 11.2. The Hall–Kier alpha value is -0.970. The van der Waals surface area contributed by atoms with Crippen LogP contribution in [-0.2, 0) is 18.3 Å². The van der Waals surface area contributed by atoms with E-state index in [0.29, 0.717) is 39.5 Å². The predicted octanol–water partition coefficient (Wildman–Crippen LogP) is 3.62. The fourth-order valence-corrected chi connectivity index (χ4v) is 4.61. The second-order valence-electron chi connectivity index (χ2n) is 5.21. The van der Waals surface area contributed by atoms with Crippen LogP contribution >= 0.6 is 7.60 Å². The van der Waals surface area contributed by atoms with Gasteiger partial charge < -0.3 is 13.8 Å². The number of nitrogens with zero attached hydrogens (tertiary/aromatic N) is 1. The molecule has 1 saturated heterocycles. The molecule has 0 amide bonds. The molecular formula is C17H26NO4P. The standard InChI is InChI=1S/C17H26NO4P/c1-3-21-23(19,22-4-2)17(18-12-14-20-15-13-18)11-10-16-8-6-5-7-9-16/h5-11,17H,3-4,12-15H2,1-2H3/b11-10+. The Morgan fingerprint density at radius 3 is 2.35 bits per heavy atom. The highest BCUT2D eigenvalue weighted by atomic mass is 31.2. The number of morpholine rings is 1. The normalized spacial score (nSPS) is 18.3. The van der Waals surface area contributed by atoms with Gasteiger partial charge in [-0.05, 0) is 19.4 Å². The van der Waals surface area contributed by atoms with Gasteiger partial charge in [0.15, 0.2) is 0 Å². The third-order valence-electron chi connectivity index (χ3n) is 3.62. The van der Waals surface area contributed by atoms with E-state index in [1.165, 1.54) is 0 Å². The van der Waals surface area contributed by atoms with Crippen molar-refractivity contribution in [2.24, 2.45) is 0 Å². The zero-order chi connectivity index (χ0) is 16.5. The lowest BCUT2D eigenvalue weighted by molar-refractivity contribution is 0.0316. The minimum atomic E-state index is -3.25. The van der Waals surface area contributed by atoms with Gasteiger partial charge in [0.05, 0.1) is 26.4 Å². The first-order valence-electron chi connectivity index (χ1n) is 8.13. The Bertz CT molecular complexity index is 519. The molecule has 5 nitrogen and oxygen atoms in total. The van der Waals surface area contributed by atoms with Gasteiger partial charge in [-0.15, -0.1) is 0 Å². The Kier molecular flexibility index (Phi) is 7.47. The molecule has 0 spiro atoms. The minimum Gasteiger partial charge on any atom is -0.379 e. The summed E-state index contributed by atoms with van der Waals surface area (Å²) in [5, 5.41) is 0. The molecule has 0 aliphatic carbocycles. The van der Waals surface area contributed by atoms with Gasteiger partial charge in [-0.3, -0.25) is 9.46 Å². The monoisotopic (exact) mass is 339 g/mol. The van der Waals surface area contributed by atoms with Crippen molar-refractivity contribution in [3.63, 3.8) is 0 Å². The quantitative estimate of drug-likeness (QED) is 0.677. The zero-order valence-corrected chi connectivity index (χ0v) is 14.8. The average molecular weight is 339 g/mol. The third kappa shape index (κ3) is 5.27. The molecule has 23 heavy (non-hydrogen) atoms. The summed E-state index contributed by atoms with van der Waals surface area (Å²) in [5.74, 6) is -0.397. The van der Waals surface area contributed by atoms with Crippen LogP contribution in [0.5, 0.6) is 0 Å². The van der Waals surface area contributed by atoms with Crippen molar-refractivity contribution in [1.29, 1.82) is 0 Å². The zero-order valence-electron chi connectivity index (χ0n) is 13.9. The van der Waals surface area contributed by atoms with Crippen molar-refractivity contribution in [2.75, 3.05) is 39.5 Å². The van der Waals surface area contributed by atoms with E-state index in [2.05, 4.69) is 4.90 Å². The van der Waals surface area contributed by atoms with Gasteiger partial charge >= 0.3 is 7.60 Å². The number of benzene rings is 1.